The van der Waals surface area contributed by atoms with E-state index in [0.29, 0.717) is 0 Å². The van der Waals surface area contributed by atoms with Crippen LogP contribution in [0.15, 0.2) is 30.7 Å². The number of amides is 1. The number of hydrogen-bond donors (Lipinski definition) is 2. The Morgan fingerprint density at radius 3 is 2.84 bits per heavy atom. The van der Waals surface area contributed by atoms with Crippen molar-refractivity contribution in [1.29, 1.82) is 0 Å². The van der Waals surface area contributed by atoms with Crippen molar-refractivity contribution in [2.45, 2.75) is 57.2 Å². The number of carbonyl (C=O) groups is 1. The third kappa shape index (κ3) is 2.74. The molecule has 1 saturated carbocycles. The Kier molecular flexibility index (Phi) is 4.29. The fourth-order valence-corrected chi connectivity index (χ4v) is 4.27. The van der Waals surface area contributed by atoms with Crippen LogP contribution in [0, 0.1) is 0 Å². The minimum Gasteiger partial charge on any atom is -0.321 e. The van der Waals surface area contributed by atoms with Gasteiger partial charge >= 0.3 is 0 Å². The molecule has 2 aliphatic rings. The van der Waals surface area contributed by atoms with Crippen LogP contribution < -0.4 is 5.32 Å². The third-order valence-electron chi connectivity index (χ3n) is 5.48. The van der Waals surface area contributed by atoms with Crippen molar-refractivity contribution in [2.24, 2.45) is 0 Å². The molecule has 1 atom stereocenters. The molecule has 0 bridgehead atoms. The van der Waals surface area contributed by atoms with Crippen LogP contribution in [0.2, 0.25) is 0 Å². The molecule has 1 amide bonds. The first-order chi connectivity index (χ1) is 12.2. The molecular formula is C19H25N5O. The number of aromatic nitrogens is 3. The first-order valence-corrected chi connectivity index (χ1v) is 9.27. The zero-order valence-corrected chi connectivity index (χ0v) is 14.7. The molecule has 2 aromatic heterocycles. The van der Waals surface area contributed by atoms with E-state index >= 15 is 0 Å². The average molecular weight is 339 g/mol. The van der Waals surface area contributed by atoms with E-state index in [-0.39, 0.29) is 17.6 Å². The smallest absolute Gasteiger partial charge is 0.244 e. The summed E-state index contributed by atoms with van der Waals surface area (Å²) < 4.78 is 0. The Bertz CT molecular complexity index is 735. The van der Waals surface area contributed by atoms with Gasteiger partial charge in [0.25, 0.3) is 0 Å². The van der Waals surface area contributed by atoms with E-state index in [1.807, 2.05) is 29.4 Å². The number of pyridine rings is 1. The number of nitrogens with one attached hydrogen (secondary N) is 2. The zero-order chi connectivity index (χ0) is 17.3. The van der Waals surface area contributed by atoms with E-state index in [1.54, 1.807) is 6.20 Å². The van der Waals surface area contributed by atoms with Crippen molar-refractivity contribution in [3.05, 3.63) is 36.3 Å². The lowest BCUT2D eigenvalue weighted by atomic mass is 9.81. The minimum atomic E-state index is -0.387. The van der Waals surface area contributed by atoms with Crippen LogP contribution in [0.3, 0.4) is 0 Å². The summed E-state index contributed by atoms with van der Waals surface area (Å²) in [5.74, 6) is 0.261. The maximum atomic E-state index is 13.2. The summed E-state index contributed by atoms with van der Waals surface area (Å²) in [6.07, 6.45) is 11.6. The van der Waals surface area contributed by atoms with Crippen molar-refractivity contribution < 1.29 is 4.79 Å². The van der Waals surface area contributed by atoms with Gasteiger partial charge in [0.2, 0.25) is 5.91 Å². The highest BCUT2D eigenvalue weighted by atomic mass is 16.2. The van der Waals surface area contributed by atoms with Gasteiger partial charge in [-0.2, -0.15) is 5.10 Å². The van der Waals surface area contributed by atoms with Crippen LogP contribution in [0.1, 0.15) is 57.2 Å². The molecule has 0 unspecified atom stereocenters. The van der Waals surface area contributed by atoms with Gasteiger partial charge in [0, 0.05) is 30.1 Å². The van der Waals surface area contributed by atoms with Gasteiger partial charge < -0.3 is 4.90 Å². The van der Waals surface area contributed by atoms with Gasteiger partial charge in [-0.3, -0.25) is 20.2 Å². The first-order valence-electron chi connectivity index (χ1n) is 9.27. The summed E-state index contributed by atoms with van der Waals surface area (Å²) in [6, 6.07) is 3.93. The Morgan fingerprint density at radius 2 is 2.12 bits per heavy atom. The molecule has 25 heavy (non-hydrogen) atoms. The Morgan fingerprint density at radius 1 is 1.28 bits per heavy atom. The van der Waals surface area contributed by atoms with Crippen LogP contribution in [0.4, 0.5) is 0 Å². The second-order valence-corrected chi connectivity index (χ2v) is 7.13. The van der Waals surface area contributed by atoms with E-state index in [2.05, 4.69) is 27.4 Å². The van der Waals surface area contributed by atoms with Gasteiger partial charge in [0.15, 0.2) is 0 Å². The third-order valence-corrected chi connectivity index (χ3v) is 5.48. The van der Waals surface area contributed by atoms with Gasteiger partial charge in [-0.05, 0) is 31.4 Å². The second-order valence-electron chi connectivity index (χ2n) is 7.13. The lowest BCUT2D eigenvalue weighted by Gasteiger charge is -2.31. The highest BCUT2D eigenvalue weighted by Gasteiger charge is 2.51. The fourth-order valence-electron chi connectivity index (χ4n) is 4.27. The van der Waals surface area contributed by atoms with E-state index in [1.165, 1.54) is 6.42 Å². The van der Waals surface area contributed by atoms with Crippen LogP contribution in [0.25, 0.3) is 11.3 Å². The topological polar surface area (TPSA) is 73.9 Å². The van der Waals surface area contributed by atoms with Gasteiger partial charge in [-0.15, -0.1) is 0 Å². The number of hydrogen-bond acceptors (Lipinski definition) is 4. The summed E-state index contributed by atoms with van der Waals surface area (Å²) in [7, 11) is 0. The number of H-pyrrole nitrogens is 1. The molecule has 1 aliphatic carbocycles. The largest absolute Gasteiger partial charge is 0.321 e. The van der Waals surface area contributed by atoms with Crippen molar-refractivity contribution in [3.8, 4) is 11.3 Å². The Hall–Kier alpha value is -2.21. The molecule has 6 heteroatoms. The van der Waals surface area contributed by atoms with Crippen LogP contribution >= 0.6 is 0 Å². The summed E-state index contributed by atoms with van der Waals surface area (Å²) in [5.41, 5.74) is 2.57. The number of nitrogens with zero attached hydrogens (tertiary/aromatic N) is 3. The molecule has 1 saturated heterocycles. The summed E-state index contributed by atoms with van der Waals surface area (Å²) >= 11 is 0. The number of aromatic amines is 1. The van der Waals surface area contributed by atoms with Crippen LogP contribution in [-0.4, -0.2) is 38.1 Å². The fraction of sp³-hybridized carbons (Fsp3) is 0.526. The maximum Gasteiger partial charge on any atom is 0.244 e. The lowest BCUT2D eigenvalue weighted by molar-refractivity contribution is -0.134. The molecule has 1 spiro atoms. The SMILES string of the molecule is CCCN1C(=O)C2(CCCCC2)N[C@@H]1c1cn[nH]c1-c1cccnc1. The van der Waals surface area contributed by atoms with Crippen molar-refractivity contribution >= 4 is 5.91 Å². The Balaban J connectivity index is 1.72. The van der Waals surface area contributed by atoms with E-state index < -0.39 is 0 Å². The van der Waals surface area contributed by atoms with E-state index in [0.717, 1.165) is 55.5 Å². The van der Waals surface area contributed by atoms with Crippen molar-refractivity contribution in [1.82, 2.24) is 25.4 Å². The van der Waals surface area contributed by atoms with Gasteiger partial charge in [-0.25, -0.2) is 0 Å². The molecule has 0 aromatic carbocycles. The van der Waals surface area contributed by atoms with E-state index in [9.17, 15) is 4.79 Å². The molecule has 1 aliphatic heterocycles. The van der Waals surface area contributed by atoms with Gasteiger partial charge in [0.1, 0.15) is 6.17 Å². The van der Waals surface area contributed by atoms with Crippen molar-refractivity contribution in [2.75, 3.05) is 6.54 Å². The second kappa shape index (κ2) is 6.59. The monoisotopic (exact) mass is 339 g/mol. The standard InChI is InChI=1S/C19H25N5O/c1-2-11-24-17(22-19(18(24)25)8-4-3-5-9-19)15-13-21-23-16(15)14-7-6-10-20-12-14/h6-7,10,12-13,17,22H,2-5,8-9,11H2,1H3,(H,21,23)/t17-/m0/s1. The highest BCUT2D eigenvalue weighted by Crippen LogP contribution is 2.41. The maximum absolute atomic E-state index is 13.2. The molecule has 2 aromatic rings. The molecule has 3 heterocycles. The van der Waals surface area contributed by atoms with E-state index in [4.69, 9.17) is 0 Å². The molecule has 4 rings (SSSR count). The molecule has 2 fully saturated rings. The summed E-state index contributed by atoms with van der Waals surface area (Å²) in [6.45, 7) is 2.88. The van der Waals surface area contributed by atoms with Crippen molar-refractivity contribution in [3.63, 3.8) is 0 Å². The van der Waals surface area contributed by atoms with Crippen LogP contribution in [0.5, 0.6) is 0 Å². The van der Waals surface area contributed by atoms with Gasteiger partial charge in [-0.1, -0.05) is 26.2 Å². The molecule has 132 valence electrons. The lowest BCUT2D eigenvalue weighted by Crippen LogP contribution is -2.48. The average Bonchev–Trinajstić information content (AvgIpc) is 3.23. The summed E-state index contributed by atoms with van der Waals surface area (Å²) in [4.78, 5) is 19.5. The molecule has 6 nitrogen and oxygen atoms in total. The number of carbonyl (C=O) groups excluding carboxylic acids is 1. The van der Waals surface area contributed by atoms with Gasteiger partial charge in [0.05, 0.1) is 17.4 Å². The normalized spacial score (nSPS) is 22.7. The molecular weight excluding hydrogens is 314 g/mol. The molecule has 2 N–H and O–H groups in total. The zero-order valence-electron chi connectivity index (χ0n) is 14.7. The molecule has 0 radical (unpaired) electrons. The highest BCUT2D eigenvalue weighted by molar-refractivity contribution is 5.89. The first kappa shape index (κ1) is 16.3. The van der Waals surface area contributed by atoms with Crippen LogP contribution in [-0.2, 0) is 4.79 Å². The summed E-state index contributed by atoms with van der Waals surface area (Å²) in [5, 5.41) is 11.1. The Labute approximate surface area is 148 Å². The predicted molar refractivity (Wildman–Crippen MR) is 95.5 cm³/mol. The quantitative estimate of drug-likeness (QED) is 0.898. The predicted octanol–water partition coefficient (Wildman–Crippen LogP) is 3.02. The minimum absolute atomic E-state index is 0.125. The number of rotatable bonds is 4.